The van der Waals surface area contributed by atoms with Gasteiger partial charge in [0.1, 0.15) is 5.75 Å². The Morgan fingerprint density at radius 2 is 2.11 bits per heavy atom. The summed E-state index contributed by atoms with van der Waals surface area (Å²) in [6.45, 7) is 5.22. The van der Waals surface area contributed by atoms with Gasteiger partial charge in [-0.3, -0.25) is 0 Å². The Labute approximate surface area is 114 Å². The topological polar surface area (TPSA) is 33.3 Å². The van der Waals surface area contributed by atoms with E-state index in [2.05, 4.69) is 10.6 Å². The van der Waals surface area contributed by atoms with Crippen molar-refractivity contribution >= 4 is 17.3 Å². The molecule has 0 amide bonds. The van der Waals surface area contributed by atoms with Crippen molar-refractivity contribution in [1.29, 1.82) is 0 Å². The molecule has 3 nitrogen and oxygen atoms in total. The summed E-state index contributed by atoms with van der Waals surface area (Å²) in [5.74, 6) is 1.60. The number of benzene rings is 1. The molecule has 0 aliphatic carbocycles. The molecule has 0 bridgehead atoms. The number of methoxy groups -OCH3 is 1. The van der Waals surface area contributed by atoms with Crippen LogP contribution in [0, 0.1) is 12.8 Å². The van der Waals surface area contributed by atoms with E-state index in [1.807, 2.05) is 19.1 Å². The van der Waals surface area contributed by atoms with Crippen LogP contribution in [0.1, 0.15) is 18.4 Å². The first kappa shape index (κ1) is 13.5. The molecule has 1 fully saturated rings. The Morgan fingerprint density at radius 1 is 1.39 bits per heavy atom. The minimum atomic E-state index is 0.732. The number of halogens is 1. The second-order valence-corrected chi connectivity index (χ2v) is 5.28. The maximum Gasteiger partial charge on any atom is 0.142 e. The zero-order valence-electron chi connectivity index (χ0n) is 11.1. The summed E-state index contributed by atoms with van der Waals surface area (Å²) in [6.07, 6.45) is 2.46. The van der Waals surface area contributed by atoms with Gasteiger partial charge in [0.2, 0.25) is 0 Å². The fraction of sp³-hybridized carbons (Fsp3) is 0.571. The van der Waals surface area contributed by atoms with Crippen molar-refractivity contribution in [1.82, 2.24) is 5.32 Å². The molecule has 1 aromatic rings. The van der Waals surface area contributed by atoms with Crippen molar-refractivity contribution in [2.75, 3.05) is 32.1 Å². The standard InChI is InChI=1S/C14H21ClN2O/c1-10-7-14(18-2)13(8-12(10)15)17-9-11-3-5-16-6-4-11/h7-8,11,16-17H,3-6,9H2,1-2H3. The molecule has 0 radical (unpaired) electrons. The van der Waals surface area contributed by atoms with Crippen LogP contribution >= 0.6 is 11.6 Å². The molecular weight excluding hydrogens is 248 g/mol. The molecular formula is C14H21ClN2O. The molecule has 0 spiro atoms. The normalized spacial score (nSPS) is 16.6. The molecule has 0 unspecified atom stereocenters. The molecule has 1 aromatic carbocycles. The van der Waals surface area contributed by atoms with Crippen LogP contribution in [0.5, 0.6) is 5.75 Å². The van der Waals surface area contributed by atoms with Gasteiger partial charge in [0.15, 0.2) is 0 Å². The fourth-order valence-corrected chi connectivity index (χ4v) is 2.47. The first-order chi connectivity index (χ1) is 8.70. The first-order valence-corrected chi connectivity index (χ1v) is 6.87. The molecule has 0 saturated carbocycles. The Morgan fingerprint density at radius 3 is 2.78 bits per heavy atom. The van der Waals surface area contributed by atoms with E-state index in [0.29, 0.717) is 0 Å². The van der Waals surface area contributed by atoms with Crippen molar-refractivity contribution in [2.45, 2.75) is 19.8 Å². The highest BCUT2D eigenvalue weighted by molar-refractivity contribution is 6.31. The number of piperidine rings is 1. The highest BCUT2D eigenvalue weighted by atomic mass is 35.5. The van der Waals surface area contributed by atoms with E-state index in [9.17, 15) is 0 Å². The molecule has 2 N–H and O–H groups in total. The van der Waals surface area contributed by atoms with Crippen molar-refractivity contribution in [3.8, 4) is 5.75 Å². The van der Waals surface area contributed by atoms with E-state index >= 15 is 0 Å². The summed E-state index contributed by atoms with van der Waals surface area (Å²) in [7, 11) is 1.69. The van der Waals surface area contributed by atoms with E-state index in [0.717, 1.165) is 47.6 Å². The Hall–Kier alpha value is -0.930. The van der Waals surface area contributed by atoms with Gasteiger partial charge in [-0.05, 0) is 56.5 Å². The second kappa shape index (κ2) is 6.30. The number of hydrogen-bond donors (Lipinski definition) is 2. The SMILES string of the molecule is COc1cc(C)c(Cl)cc1NCC1CCNCC1. The van der Waals surface area contributed by atoms with E-state index in [1.54, 1.807) is 7.11 Å². The average Bonchev–Trinajstić information content (AvgIpc) is 2.41. The maximum atomic E-state index is 6.16. The quantitative estimate of drug-likeness (QED) is 0.881. The Balaban J connectivity index is 2.01. The van der Waals surface area contributed by atoms with Gasteiger partial charge in [0.05, 0.1) is 12.8 Å². The van der Waals surface area contributed by atoms with E-state index in [4.69, 9.17) is 16.3 Å². The molecule has 4 heteroatoms. The third kappa shape index (κ3) is 3.30. The molecule has 1 aliphatic heterocycles. The van der Waals surface area contributed by atoms with Crippen LogP contribution in [0.25, 0.3) is 0 Å². The minimum absolute atomic E-state index is 0.732. The fourth-order valence-electron chi connectivity index (χ4n) is 2.30. The third-order valence-corrected chi connectivity index (χ3v) is 3.93. The number of aryl methyl sites for hydroxylation is 1. The van der Waals surface area contributed by atoms with E-state index < -0.39 is 0 Å². The van der Waals surface area contributed by atoms with Gasteiger partial charge in [0, 0.05) is 11.6 Å². The Kier molecular flexibility index (Phi) is 4.72. The van der Waals surface area contributed by atoms with Crippen molar-refractivity contribution in [3.63, 3.8) is 0 Å². The van der Waals surface area contributed by atoms with Crippen molar-refractivity contribution in [2.24, 2.45) is 5.92 Å². The van der Waals surface area contributed by atoms with Crippen LogP contribution < -0.4 is 15.4 Å². The van der Waals surface area contributed by atoms with Gasteiger partial charge in [-0.2, -0.15) is 0 Å². The summed E-state index contributed by atoms with van der Waals surface area (Å²) in [4.78, 5) is 0. The van der Waals surface area contributed by atoms with Crippen LogP contribution in [0.15, 0.2) is 12.1 Å². The highest BCUT2D eigenvalue weighted by Crippen LogP contribution is 2.31. The first-order valence-electron chi connectivity index (χ1n) is 6.49. The lowest BCUT2D eigenvalue weighted by atomic mass is 9.98. The third-order valence-electron chi connectivity index (χ3n) is 3.52. The van der Waals surface area contributed by atoms with Crippen LogP contribution in [0.3, 0.4) is 0 Å². The summed E-state index contributed by atoms with van der Waals surface area (Å²) >= 11 is 6.16. The second-order valence-electron chi connectivity index (χ2n) is 4.88. The van der Waals surface area contributed by atoms with Crippen LogP contribution in [0.4, 0.5) is 5.69 Å². The lowest BCUT2D eigenvalue weighted by Crippen LogP contribution is -2.31. The number of hydrogen-bond acceptors (Lipinski definition) is 3. The van der Waals surface area contributed by atoms with Gasteiger partial charge in [-0.15, -0.1) is 0 Å². The number of anilines is 1. The molecule has 0 atom stereocenters. The molecule has 18 heavy (non-hydrogen) atoms. The van der Waals surface area contributed by atoms with Gasteiger partial charge in [0.25, 0.3) is 0 Å². The van der Waals surface area contributed by atoms with Gasteiger partial charge < -0.3 is 15.4 Å². The molecule has 1 heterocycles. The lowest BCUT2D eigenvalue weighted by molar-refractivity contribution is 0.387. The predicted molar refractivity (Wildman–Crippen MR) is 76.8 cm³/mol. The average molecular weight is 269 g/mol. The van der Waals surface area contributed by atoms with Crippen LogP contribution in [-0.4, -0.2) is 26.7 Å². The Bertz CT molecular complexity index is 403. The molecule has 1 saturated heterocycles. The largest absolute Gasteiger partial charge is 0.495 e. The summed E-state index contributed by atoms with van der Waals surface area (Å²) in [5.41, 5.74) is 2.03. The maximum absolute atomic E-state index is 6.16. The summed E-state index contributed by atoms with van der Waals surface area (Å²) < 4.78 is 5.39. The van der Waals surface area contributed by atoms with Gasteiger partial charge in [-0.25, -0.2) is 0 Å². The smallest absolute Gasteiger partial charge is 0.142 e. The van der Waals surface area contributed by atoms with Gasteiger partial charge >= 0.3 is 0 Å². The predicted octanol–water partition coefficient (Wildman–Crippen LogP) is 3.07. The lowest BCUT2D eigenvalue weighted by Gasteiger charge is -2.24. The number of ether oxygens (including phenoxy) is 1. The molecule has 1 aliphatic rings. The van der Waals surface area contributed by atoms with E-state index in [-0.39, 0.29) is 0 Å². The van der Waals surface area contributed by atoms with Crippen molar-refractivity contribution < 1.29 is 4.74 Å². The monoisotopic (exact) mass is 268 g/mol. The zero-order chi connectivity index (χ0) is 13.0. The van der Waals surface area contributed by atoms with Crippen LogP contribution in [-0.2, 0) is 0 Å². The number of nitrogens with one attached hydrogen (secondary N) is 2. The minimum Gasteiger partial charge on any atom is -0.495 e. The molecule has 2 rings (SSSR count). The molecule has 0 aromatic heterocycles. The number of rotatable bonds is 4. The summed E-state index contributed by atoms with van der Waals surface area (Å²) in [6, 6.07) is 3.93. The molecule has 100 valence electrons. The zero-order valence-corrected chi connectivity index (χ0v) is 11.8. The van der Waals surface area contributed by atoms with E-state index in [1.165, 1.54) is 12.8 Å². The van der Waals surface area contributed by atoms with Crippen molar-refractivity contribution in [3.05, 3.63) is 22.7 Å². The summed E-state index contributed by atoms with van der Waals surface area (Å²) in [5, 5.41) is 7.62. The highest BCUT2D eigenvalue weighted by Gasteiger charge is 2.14. The van der Waals surface area contributed by atoms with Crippen LogP contribution in [0.2, 0.25) is 5.02 Å². The van der Waals surface area contributed by atoms with Gasteiger partial charge in [-0.1, -0.05) is 11.6 Å².